The molecule has 5 heteroatoms. The van der Waals surface area contributed by atoms with Gasteiger partial charge in [0.25, 0.3) is 0 Å². The number of hydrogen-bond acceptors (Lipinski definition) is 4. The second-order valence-corrected chi connectivity index (χ2v) is 7.85. The Morgan fingerprint density at radius 1 is 0.963 bits per heavy atom. The van der Waals surface area contributed by atoms with Gasteiger partial charge in [-0.2, -0.15) is 0 Å². The van der Waals surface area contributed by atoms with Crippen LogP contribution in [0.15, 0.2) is 36.4 Å². The molecule has 0 saturated carbocycles. The highest BCUT2D eigenvalue weighted by Crippen LogP contribution is 2.37. The van der Waals surface area contributed by atoms with Crippen LogP contribution in [-0.2, 0) is 9.59 Å². The van der Waals surface area contributed by atoms with Crippen LogP contribution in [0.2, 0.25) is 0 Å². The molecule has 0 unspecified atom stereocenters. The average Bonchev–Trinajstić information content (AvgIpc) is 2.86. The molecule has 2 aliphatic heterocycles. The van der Waals surface area contributed by atoms with Crippen molar-refractivity contribution in [2.24, 2.45) is 11.8 Å². The molecule has 0 aromatic heterocycles. The van der Waals surface area contributed by atoms with E-state index in [-0.39, 0.29) is 29.7 Å². The fraction of sp³-hybridized carbons (Fsp3) is 0.545. The lowest BCUT2D eigenvalue weighted by Crippen LogP contribution is -2.43. The van der Waals surface area contributed by atoms with Gasteiger partial charge in [-0.05, 0) is 43.4 Å². The summed E-state index contributed by atoms with van der Waals surface area (Å²) in [5.74, 6) is 0.599. The smallest absolute Gasteiger partial charge is 0.234 e. The zero-order chi connectivity index (χ0) is 18.8. The van der Waals surface area contributed by atoms with E-state index in [2.05, 4.69) is 17.0 Å². The molecular formula is C22H28N2O3. The number of fused-ring (bicyclic) bond motifs is 1. The van der Waals surface area contributed by atoms with Crippen LogP contribution in [0.5, 0.6) is 5.75 Å². The number of benzene rings is 1. The van der Waals surface area contributed by atoms with Crippen LogP contribution in [-0.4, -0.2) is 41.9 Å². The first-order valence-electron chi connectivity index (χ1n) is 10.1. The van der Waals surface area contributed by atoms with Gasteiger partial charge < -0.3 is 4.74 Å². The number of nitrogens with zero attached hydrogens (tertiary/aromatic N) is 2. The highest BCUT2D eigenvalue weighted by atomic mass is 16.5. The standard InChI is InChI=1S/C22H28N2O3/c1-27-17-12-10-16(11-13-17)20-9-3-2-6-14-23(20)15-24-21(25)18-7-4-5-8-19(18)22(24)26/h4-5,10-13,18-20H,2-3,6-9,14-15H2,1H3/t18-,19+,20-/m0/s1. The van der Waals surface area contributed by atoms with Gasteiger partial charge in [-0.15, -0.1) is 0 Å². The first-order chi connectivity index (χ1) is 13.2. The zero-order valence-electron chi connectivity index (χ0n) is 16.0. The number of carbonyl (C=O) groups is 2. The quantitative estimate of drug-likeness (QED) is 0.603. The molecule has 1 aromatic rings. The third-order valence-corrected chi connectivity index (χ3v) is 6.29. The normalized spacial score (nSPS) is 28.9. The van der Waals surface area contributed by atoms with Crippen LogP contribution >= 0.6 is 0 Å². The monoisotopic (exact) mass is 368 g/mol. The Labute approximate surface area is 161 Å². The van der Waals surface area contributed by atoms with Crippen LogP contribution in [0.3, 0.4) is 0 Å². The maximum atomic E-state index is 12.9. The van der Waals surface area contributed by atoms with Gasteiger partial charge in [-0.1, -0.05) is 37.1 Å². The molecule has 2 heterocycles. The van der Waals surface area contributed by atoms with E-state index < -0.39 is 0 Å². The number of carbonyl (C=O) groups excluding carboxylic acids is 2. The molecule has 2 saturated heterocycles. The summed E-state index contributed by atoms with van der Waals surface area (Å²) >= 11 is 0. The Kier molecular flexibility index (Phi) is 5.30. The van der Waals surface area contributed by atoms with Crippen molar-refractivity contribution < 1.29 is 14.3 Å². The number of hydrogen-bond donors (Lipinski definition) is 0. The van der Waals surface area contributed by atoms with Crippen molar-refractivity contribution >= 4 is 11.8 Å². The lowest BCUT2D eigenvalue weighted by Gasteiger charge is -2.33. The highest BCUT2D eigenvalue weighted by molar-refractivity contribution is 6.05. The van der Waals surface area contributed by atoms with Crippen LogP contribution < -0.4 is 4.74 Å². The van der Waals surface area contributed by atoms with Gasteiger partial charge >= 0.3 is 0 Å². The SMILES string of the molecule is COc1ccc([C@@H]2CCCCCN2CN2C(=O)[C@H]3CC=CC[C@H]3C2=O)cc1. The summed E-state index contributed by atoms with van der Waals surface area (Å²) < 4.78 is 5.28. The molecule has 0 bridgehead atoms. The van der Waals surface area contributed by atoms with Gasteiger partial charge in [0.2, 0.25) is 11.8 Å². The molecule has 5 nitrogen and oxygen atoms in total. The van der Waals surface area contributed by atoms with Crippen molar-refractivity contribution in [2.75, 3.05) is 20.3 Å². The Bertz CT molecular complexity index is 702. The zero-order valence-corrected chi connectivity index (χ0v) is 16.0. The molecule has 3 aliphatic rings. The van der Waals surface area contributed by atoms with Crippen molar-refractivity contribution in [1.29, 1.82) is 0 Å². The number of amides is 2. The van der Waals surface area contributed by atoms with E-state index in [1.165, 1.54) is 23.3 Å². The van der Waals surface area contributed by atoms with Gasteiger partial charge in [0, 0.05) is 12.6 Å². The molecule has 2 amide bonds. The van der Waals surface area contributed by atoms with Gasteiger partial charge in [-0.3, -0.25) is 19.4 Å². The molecule has 3 atom stereocenters. The number of allylic oxidation sites excluding steroid dienone is 2. The van der Waals surface area contributed by atoms with E-state index in [0.29, 0.717) is 19.5 Å². The van der Waals surface area contributed by atoms with E-state index in [0.717, 1.165) is 25.1 Å². The van der Waals surface area contributed by atoms with Gasteiger partial charge in [0.1, 0.15) is 5.75 Å². The largest absolute Gasteiger partial charge is 0.497 e. The molecule has 1 aliphatic carbocycles. The van der Waals surface area contributed by atoms with Crippen molar-refractivity contribution in [3.05, 3.63) is 42.0 Å². The second kappa shape index (κ2) is 7.85. The van der Waals surface area contributed by atoms with Gasteiger partial charge in [0.15, 0.2) is 0 Å². The third-order valence-electron chi connectivity index (χ3n) is 6.29. The van der Waals surface area contributed by atoms with Crippen LogP contribution in [0.1, 0.15) is 50.1 Å². The van der Waals surface area contributed by atoms with Gasteiger partial charge in [0.05, 0.1) is 25.6 Å². The molecule has 0 spiro atoms. The number of likely N-dealkylation sites (tertiary alicyclic amines) is 2. The number of ether oxygens (including phenoxy) is 1. The highest BCUT2D eigenvalue weighted by Gasteiger charge is 2.47. The number of rotatable bonds is 4. The Balaban J connectivity index is 1.54. The minimum Gasteiger partial charge on any atom is -0.497 e. The van der Waals surface area contributed by atoms with E-state index in [9.17, 15) is 9.59 Å². The van der Waals surface area contributed by atoms with E-state index in [1.807, 2.05) is 24.3 Å². The Morgan fingerprint density at radius 3 is 2.26 bits per heavy atom. The van der Waals surface area contributed by atoms with Gasteiger partial charge in [-0.25, -0.2) is 0 Å². The van der Waals surface area contributed by atoms with E-state index >= 15 is 0 Å². The fourth-order valence-electron chi connectivity index (χ4n) is 4.73. The predicted octanol–water partition coefficient (Wildman–Crippen LogP) is 3.52. The lowest BCUT2D eigenvalue weighted by atomic mass is 9.85. The first-order valence-corrected chi connectivity index (χ1v) is 10.1. The average molecular weight is 368 g/mol. The molecule has 0 radical (unpaired) electrons. The first kappa shape index (κ1) is 18.2. The molecule has 0 N–H and O–H groups in total. The number of methoxy groups -OCH3 is 1. The maximum Gasteiger partial charge on any atom is 0.234 e. The molecule has 4 rings (SSSR count). The molecule has 27 heavy (non-hydrogen) atoms. The second-order valence-electron chi connectivity index (χ2n) is 7.85. The summed E-state index contributed by atoms with van der Waals surface area (Å²) in [5.41, 5.74) is 1.23. The fourth-order valence-corrected chi connectivity index (χ4v) is 4.73. The summed E-state index contributed by atoms with van der Waals surface area (Å²) in [4.78, 5) is 29.6. The number of imide groups is 1. The Hall–Kier alpha value is -2.14. The topological polar surface area (TPSA) is 49.9 Å². The molecule has 144 valence electrons. The van der Waals surface area contributed by atoms with E-state index in [4.69, 9.17) is 4.74 Å². The summed E-state index contributed by atoms with van der Waals surface area (Å²) in [7, 11) is 1.67. The third kappa shape index (κ3) is 3.53. The summed E-state index contributed by atoms with van der Waals surface area (Å²) in [6.07, 6.45) is 10.0. The maximum absolute atomic E-state index is 12.9. The predicted molar refractivity (Wildman–Crippen MR) is 103 cm³/mol. The minimum absolute atomic E-state index is 0.0204. The minimum atomic E-state index is -0.145. The van der Waals surface area contributed by atoms with Crippen molar-refractivity contribution in [2.45, 2.75) is 44.6 Å². The van der Waals surface area contributed by atoms with Crippen LogP contribution in [0.4, 0.5) is 0 Å². The van der Waals surface area contributed by atoms with Crippen molar-refractivity contribution in [3.63, 3.8) is 0 Å². The van der Waals surface area contributed by atoms with Crippen molar-refractivity contribution in [3.8, 4) is 5.75 Å². The summed E-state index contributed by atoms with van der Waals surface area (Å²) in [6, 6.07) is 8.44. The van der Waals surface area contributed by atoms with Crippen LogP contribution in [0.25, 0.3) is 0 Å². The van der Waals surface area contributed by atoms with Crippen LogP contribution in [0, 0.1) is 11.8 Å². The molecule has 1 aromatic carbocycles. The summed E-state index contributed by atoms with van der Waals surface area (Å²) in [6.45, 7) is 1.34. The molecule has 2 fully saturated rings. The summed E-state index contributed by atoms with van der Waals surface area (Å²) in [5, 5.41) is 0. The Morgan fingerprint density at radius 2 is 1.63 bits per heavy atom. The van der Waals surface area contributed by atoms with E-state index in [1.54, 1.807) is 7.11 Å². The molecular weight excluding hydrogens is 340 g/mol. The lowest BCUT2D eigenvalue weighted by molar-refractivity contribution is -0.143. The van der Waals surface area contributed by atoms with Crippen molar-refractivity contribution in [1.82, 2.24) is 9.80 Å².